The summed E-state index contributed by atoms with van der Waals surface area (Å²) >= 11 is 0. The highest BCUT2D eigenvalue weighted by Crippen LogP contribution is 2.10. The summed E-state index contributed by atoms with van der Waals surface area (Å²) in [6.07, 6.45) is 0.385. The molecule has 1 aliphatic heterocycles. The molecule has 0 aromatic heterocycles. The highest BCUT2D eigenvalue weighted by Gasteiger charge is 2.21. The molecule has 2 amide bonds. The van der Waals surface area contributed by atoms with Gasteiger partial charge in [0.05, 0.1) is 0 Å². The van der Waals surface area contributed by atoms with Gasteiger partial charge in [0.25, 0.3) is 5.91 Å². The van der Waals surface area contributed by atoms with Crippen LogP contribution in [0.3, 0.4) is 0 Å². The molecule has 1 heterocycles. The first-order valence-electron chi connectivity index (χ1n) is 10.1. The number of piperazine rings is 1. The van der Waals surface area contributed by atoms with E-state index in [0.29, 0.717) is 25.1 Å². The molecule has 0 atom stereocenters. The van der Waals surface area contributed by atoms with E-state index < -0.39 is 0 Å². The molecule has 1 aromatic rings. The molecular formula is C21H34N4O2. The van der Waals surface area contributed by atoms with Crippen molar-refractivity contribution in [1.82, 2.24) is 20.0 Å². The number of hydrogen-bond acceptors (Lipinski definition) is 4. The van der Waals surface area contributed by atoms with Gasteiger partial charge < -0.3 is 20.0 Å². The molecule has 0 radical (unpaired) electrons. The molecule has 6 nitrogen and oxygen atoms in total. The Labute approximate surface area is 163 Å². The Balaban J connectivity index is 2.01. The van der Waals surface area contributed by atoms with Crippen molar-refractivity contribution in [3.05, 3.63) is 35.4 Å². The molecule has 6 heteroatoms. The summed E-state index contributed by atoms with van der Waals surface area (Å²) in [4.78, 5) is 31.6. The van der Waals surface area contributed by atoms with Gasteiger partial charge in [0.1, 0.15) is 0 Å². The van der Waals surface area contributed by atoms with Crippen LogP contribution >= 0.6 is 0 Å². The van der Waals surface area contributed by atoms with E-state index in [1.165, 1.54) is 0 Å². The Bertz CT molecular complexity index is 610. The summed E-state index contributed by atoms with van der Waals surface area (Å²) in [6, 6.07) is 7.69. The van der Waals surface area contributed by atoms with Crippen LogP contribution < -0.4 is 5.32 Å². The monoisotopic (exact) mass is 374 g/mol. The number of hydrogen-bond donors (Lipinski definition) is 1. The topological polar surface area (TPSA) is 55.9 Å². The predicted octanol–water partition coefficient (Wildman–Crippen LogP) is 1.60. The SMILES string of the molecule is CCN(CC)CCN(CCC(=O)N1CCNCC1)C(=O)c1cccc(C)c1. The van der Waals surface area contributed by atoms with Gasteiger partial charge in [-0.1, -0.05) is 31.5 Å². The molecule has 0 bridgehead atoms. The molecule has 1 aliphatic rings. The molecule has 1 N–H and O–H groups in total. The van der Waals surface area contributed by atoms with Crippen LogP contribution in [0.25, 0.3) is 0 Å². The fourth-order valence-electron chi connectivity index (χ4n) is 3.38. The minimum atomic E-state index is 0.0129. The number of likely N-dealkylation sites (N-methyl/N-ethyl adjacent to an activating group) is 1. The fraction of sp³-hybridized carbons (Fsp3) is 0.619. The number of rotatable bonds is 9. The van der Waals surface area contributed by atoms with Gasteiger partial charge in [-0.2, -0.15) is 0 Å². The van der Waals surface area contributed by atoms with Crippen LogP contribution in [0.1, 0.15) is 36.2 Å². The number of benzene rings is 1. The summed E-state index contributed by atoms with van der Waals surface area (Å²) in [5, 5.41) is 3.26. The summed E-state index contributed by atoms with van der Waals surface area (Å²) in [5.74, 6) is 0.153. The van der Waals surface area contributed by atoms with Crippen LogP contribution in [-0.4, -0.2) is 85.4 Å². The molecule has 27 heavy (non-hydrogen) atoms. The molecule has 150 valence electrons. The molecule has 1 aromatic carbocycles. The summed E-state index contributed by atoms with van der Waals surface area (Å²) in [6.45, 7) is 13.3. The average molecular weight is 375 g/mol. The van der Waals surface area contributed by atoms with Crippen molar-refractivity contribution in [3.63, 3.8) is 0 Å². The zero-order valence-corrected chi connectivity index (χ0v) is 17.0. The number of aryl methyl sites for hydroxylation is 1. The lowest BCUT2D eigenvalue weighted by Gasteiger charge is -2.30. The second-order valence-corrected chi connectivity index (χ2v) is 7.07. The van der Waals surface area contributed by atoms with E-state index >= 15 is 0 Å². The van der Waals surface area contributed by atoms with Gasteiger partial charge in [0.2, 0.25) is 5.91 Å². The normalized spacial score (nSPS) is 14.4. The quantitative estimate of drug-likeness (QED) is 0.713. The van der Waals surface area contributed by atoms with Crippen molar-refractivity contribution in [1.29, 1.82) is 0 Å². The van der Waals surface area contributed by atoms with E-state index in [-0.39, 0.29) is 11.8 Å². The van der Waals surface area contributed by atoms with Crippen molar-refractivity contribution in [3.8, 4) is 0 Å². The van der Waals surface area contributed by atoms with E-state index in [2.05, 4.69) is 24.1 Å². The van der Waals surface area contributed by atoms with Gasteiger partial charge in [-0.25, -0.2) is 0 Å². The molecule has 2 rings (SSSR count). The predicted molar refractivity (Wildman–Crippen MR) is 109 cm³/mol. The average Bonchev–Trinajstić information content (AvgIpc) is 2.70. The lowest BCUT2D eigenvalue weighted by molar-refractivity contribution is -0.131. The van der Waals surface area contributed by atoms with E-state index in [4.69, 9.17) is 0 Å². The van der Waals surface area contributed by atoms with E-state index in [1.807, 2.05) is 41.0 Å². The number of carbonyl (C=O) groups excluding carboxylic acids is 2. The lowest BCUT2D eigenvalue weighted by atomic mass is 10.1. The standard InChI is InChI=1S/C21H34N4O2/c1-4-23(5-2)15-16-25(21(27)19-8-6-7-18(3)17-19)12-9-20(26)24-13-10-22-11-14-24/h6-8,17,22H,4-5,9-16H2,1-3H3. The third-order valence-electron chi connectivity index (χ3n) is 5.20. The Morgan fingerprint density at radius 1 is 1.07 bits per heavy atom. The number of amides is 2. The Morgan fingerprint density at radius 3 is 2.41 bits per heavy atom. The summed E-state index contributed by atoms with van der Waals surface area (Å²) in [7, 11) is 0. The van der Waals surface area contributed by atoms with Crippen molar-refractivity contribution in [2.45, 2.75) is 27.2 Å². The van der Waals surface area contributed by atoms with Crippen LogP contribution in [0.4, 0.5) is 0 Å². The minimum absolute atomic E-state index is 0.0129. The molecule has 1 saturated heterocycles. The van der Waals surface area contributed by atoms with Crippen LogP contribution in [-0.2, 0) is 4.79 Å². The van der Waals surface area contributed by atoms with Gasteiger partial charge in [-0.05, 0) is 32.1 Å². The summed E-state index contributed by atoms with van der Waals surface area (Å²) in [5.41, 5.74) is 1.77. The zero-order chi connectivity index (χ0) is 19.6. The first-order chi connectivity index (χ1) is 13.0. The lowest BCUT2D eigenvalue weighted by Crippen LogP contribution is -2.47. The van der Waals surface area contributed by atoms with E-state index in [1.54, 1.807) is 0 Å². The maximum absolute atomic E-state index is 13.0. The van der Waals surface area contributed by atoms with Crippen molar-refractivity contribution < 1.29 is 9.59 Å². The molecule has 0 unspecified atom stereocenters. The van der Waals surface area contributed by atoms with Crippen LogP contribution in [0, 0.1) is 6.92 Å². The van der Waals surface area contributed by atoms with Gasteiger partial charge in [0, 0.05) is 57.8 Å². The van der Waals surface area contributed by atoms with Gasteiger partial charge >= 0.3 is 0 Å². The maximum Gasteiger partial charge on any atom is 0.253 e. The maximum atomic E-state index is 13.0. The smallest absolute Gasteiger partial charge is 0.253 e. The summed E-state index contributed by atoms with van der Waals surface area (Å²) < 4.78 is 0. The van der Waals surface area contributed by atoms with Gasteiger partial charge in [0.15, 0.2) is 0 Å². The second-order valence-electron chi connectivity index (χ2n) is 7.07. The largest absolute Gasteiger partial charge is 0.340 e. The number of carbonyl (C=O) groups is 2. The second kappa shape index (κ2) is 11.0. The molecule has 1 fully saturated rings. The fourth-order valence-corrected chi connectivity index (χ4v) is 3.38. The van der Waals surface area contributed by atoms with Crippen molar-refractivity contribution in [2.24, 2.45) is 0 Å². The number of nitrogens with one attached hydrogen (secondary N) is 1. The van der Waals surface area contributed by atoms with Gasteiger partial charge in [-0.3, -0.25) is 9.59 Å². The van der Waals surface area contributed by atoms with Crippen molar-refractivity contribution >= 4 is 11.8 Å². The minimum Gasteiger partial charge on any atom is -0.340 e. The number of nitrogens with zero attached hydrogens (tertiary/aromatic N) is 3. The Kier molecular flexibility index (Phi) is 8.75. The molecule has 0 spiro atoms. The first kappa shape index (κ1) is 21.4. The van der Waals surface area contributed by atoms with E-state index in [9.17, 15) is 9.59 Å². The van der Waals surface area contributed by atoms with Crippen LogP contribution in [0.5, 0.6) is 0 Å². The Morgan fingerprint density at radius 2 is 1.78 bits per heavy atom. The van der Waals surface area contributed by atoms with Crippen LogP contribution in [0.2, 0.25) is 0 Å². The highest BCUT2D eigenvalue weighted by molar-refractivity contribution is 5.94. The van der Waals surface area contributed by atoms with E-state index in [0.717, 1.165) is 51.4 Å². The van der Waals surface area contributed by atoms with Crippen molar-refractivity contribution in [2.75, 3.05) is 58.9 Å². The third kappa shape index (κ3) is 6.63. The molecule has 0 saturated carbocycles. The third-order valence-corrected chi connectivity index (χ3v) is 5.20. The zero-order valence-electron chi connectivity index (χ0n) is 17.0. The molecule has 0 aliphatic carbocycles. The Hall–Kier alpha value is -1.92. The van der Waals surface area contributed by atoms with Gasteiger partial charge in [-0.15, -0.1) is 0 Å². The molecular weight excluding hydrogens is 340 g/mol. The van der Waals surface area contributed by atoms with Crippen LogP contribution in [0.15, 0.2) is 24.3 Å². The first-order valence-corrected chi connectivity index (χ1v) is 10.1. The highest BCUT2D eigenvalue weighted by atomic mass is 16.2.